The number of nitriles is 2. The number of amidine groups is 1. The van der Waals surface area contributed by atoms with Gasteiger partial charge in [0.2, 0.25) is 0 Å². The summed E-state index contributed by atoms with van der Waals surface area (Å²) in [5.41, 5.74) is 14.4. The quantitative estimate of drug-likeness (QED) is 0.0381. The van der Waals surface area contributed by atoms with E-state index in [0.29, 0.717) is 87.9 Å². The molecule has 0 saturated carbocycles. The minimum absolute atomic E-state index is 0.121. The molecule has 0 aliphatic carbocycles. The molecule has 11 nitrogen and oxygen atoms in total. The minimum Gasteiger partial charge on any atom is -0.508 e. The summed E-state index contributed by atoms with van der Waals surface area (Å²) in [6.07, 6.45) is 0. The van der Waals surface area contributed by atoms with Crippen LogP contribution in [-0.2, 0) is 0 Å². The van der Waals surface area contributed by atoms with Gasteiger partial charge in [-0.2, -0.15) is 10.5 Å². The van der Waals surface area contributed by atoms with E-state index in [4.69, 9.17) is 31.5 Å². The summed E-state index contributed by atoms with van der Waals surface area (Å²) in [6.45, 7) is 0. The molecule has 0 unspecified atom stereocenters. The normalized spacial score (nSPS) is 10.7. The van der Waals surface area contributed by atoms with E-state index < -0.39 is 17.5 Å². The summed E-state index contributed by atoms with van der Waals surface area (Å²) in [4.78, 5) is 0. The number of ether oxygens (including phenoxy) is 3. The van der Waals surface area contributed by atoms with Crippen LogP contribution in [0.3, 0.4) is 0 Å². The molecule has 0 saturated heterocycles. The van der Waals surface area contributed by atoms with Gasteiger partial charge in [0, 0.05) is 52.9 Å². The Hall–Kier alpha value is -8.93. The van der Waals surface area contributed by atoms with Crippen LogP contribution < -0.4 is 19.9 Å². The summed E-state index contributed by atoms with van der Waals surface area (Å²) < 4.78 is 59.3. The number of rotatable bonds is 10. The summed E-state index contributed by atoms with van der Waals surface area (Å²) >= 11 is 13.0. The van der Waals surface area contributed by atoms with Gasteiger partial charge >= 0.3 is 0 Å². The van der Waals surface area contributed by atoms with Crippen molar-refractivity contribution < 1.29 is 47.9 Å². The van der Waals surface area contributed by atoms with Gasteiger partial charge in [0.25, 0.3) is 0 Å². The molecule has 386 valence electrons. The van der Waals surface area contributed by atoms with E-state index >= 15 is 0 Å². The molecule has 17 heteroatoms. The zero-order chi connectivity index (χ0) is 55.5. The lowest BCUT2D eigenvalue weighted by atomic mass is 9.89. The molecule has 0 radical (unpaired) electrons. The number of phenolic OH excluding ortho intramolecular Hbond substituents is 3. The molecular formula is C60H42Br2ClF3N4O7. The van der Waals surface area contributed by atoms with E-state index in [0.717, 1.165) is 26.7 Å². The maximum atomic E-state index is 14.0. The van der Waals surface area contributed by atoms with E-state index in [-0.39, 0.29) is 23.1 Å². The highest BCUT2D eigenvalue weighted by atomic mass is 79.9. The summed E-state index contributed by atoms with van der Waals surface area (Å²) in [6, 6.07) is 46.7. The van der Waals surface area contributed by atoms with Crippen molar-refractivity contribution in [2.24, 2.45) is 10.9 Å². The Morgan fingerprint density at radius 3 is 1.18 bits per heavy atom. The molecule has 9 rings (SSSR count). The summed E-state index contributed by atoms with van der Waals surface area (Å²) in [5, 5.41) is 60.6. The van der Waals surface area contributed by atoms with E-state index in [9.17, 15) is 44.2 Å². The van der Waals surface area contributed by atoms with E-state index in [1.165, 1.54) is 94.1 Å². The third kappa shape index (κ3) is 13.0. The molecule has 0 aliphatic rings. The lowest BCUT2D eigenvalue weighted by molar-refractivity contribution is 0.318. The van der Waals surface area contributed by atoms with Crippen LogP contribution in [0.2, 0.25) is 5.02 Å². The first-order chi connectivity index (χ1) is 37.0. The molecule has 6 N–H and O–H groups in total. The smallest absolute Gasteiger partial charge is 0.170 e. The van der Waals surface area contributed by atoms with Crippen LogP contribution in [0.5, 0.6) is 34.5 Å². The largest absolute Gasteiger partial charge is 0.508 e. The van der Waals surface area contributed by atoms with Crippen LogP contribution in [0.1, 0.15) is 16.7 Å². The second-order valence-corrected chi connectivity index (χ2v) is 18.8. The van der Waals surface area contributed by atoms with E-state index in [1.54, 1.807) is 78.9 Å². The Balaban J connectivity index is 0.000000168. The Labute approximate surface area is 462 Å². The number of hydrogen-bond acceptors (Lipinski definition) is 10. The van der Waals surface area contributed by atoms with Crippen molar-refractivity contribution in [3.8, 4) is 113 Å². The lowest BCUT2D eigenvalue weighted by Crippen LogP contribution is -2.15. The molecule has 0 fully saturated rings. The number of methoxy groups -OCH3 is 3. The number of nitrogens with two attached hydrogens (primary N) is 1. The molecule has 9 aromatic carbocycles. The zero-order valence-electron chi connectivity index (χ0n) is 40.8. The zero-order valence-corrected chi connectivity index (χ0v) is 44.7. The molecule has 9 aromatic rings. The van der Waals surface area contributed by atoms with Crippen molar-refractivity contribution in [2.45, 2.75) is 0 Å². The number of hydrogen-bond donors (Lipinski definition) is 5. The molecule has 0 heterocycles. The molecule has 0 aliphatic heterocycles. The van der Waals surface area contributed by atoms with Crippen LogP contribution in [0.15, 0.2) is 178 Å². The van der Waals surface area contributed by atoms with Crippen LogP contribution in [-0.4, -0.2) is 47.7 Å². The number of oxime groups is 1. The van der Waals surface area contributed by atoms with Crippen molar-refractivity contribution >= 4 is 49.3 Å². The van der Waals surface area contributed by atoms with Gasteiger partial charge in [-0.15, -0.1) is 0 Å². The van der Waals surface area contributed by atoms with Crippen molar-refractivity contribution in [3.05, 3.63) is 212 Å². The predicted octanol–water partition coefficient (Wildman–Crippen LogP) is 15.6. The molecular weight excluding hydrogens is 1140 g/mol. The fraction of sp³-hybridized carbons (Fsp3) is 0.0500. The van der Waals surface area contributed by atoms with Gasteiger partial charge in [-0.25, -0.2) is 13.2 Å². The highest BCUT2D eigenvalue weighted by molar-refractivity contribution is 9.10. The summed E-state index contributed by atoms with van der Waals surface area (Å²) in [5.74, 6) is 0.306. The van der Waals surface area contributed by atoms with Gasteiger partial charge in [0.15, 0.2) is 5.84 Å². The Bertz CT molecular complexity index is 3600. The van der Waals surface area contributed by atoms with Gasteiger partial charge in [0.05, 0.1) is 44.6 Å². The van der Waals surface area contributed by atoms with Crippen molar-refractivity contribution in [1.29, 1.82) is 10.5 Å². The van der Waals surface area contributed by atoms with Crippen LogP contribution in [0, 0.1) is 40.1 Å². The van der Waals surface area contributed by atoms with Gasteiger partial charge in [0.1, 0.15) is 51.9 Å². The Morgan fingerprint density at radius 1 is 0.481 bits per heavy atom. The molecule has 0 bridgehead atoms. The lowest BCUT2D eigenvalue weighted by Gasteiger charge is -2.18. The van der Waals surface area contributed by atoms with Gasteiger partial charge in [-0.05, 0) is 161 Å². The average Bonchev–Trinajstić information content (AvgIpc) is 3.50. The SMILES string of the molecule is COc1ccc(F)cc1-c1c(/C(N)=N/O)cc(Br)cc1-c1ccc(O)cc1.COc1ccc(F)cc1-c1c(C#N)cc(Br)cc1-c1ccc(O)cc1.COc1ccc(F)cc1-c1c(C#N)cc(Cl)cc1-c1ccc(O)cc1. The molecule has 0 aromatic heterocycles. The number of halogens is 6. The maximum absolute atomic E-state index is 14.0. The van der Waals surface area contributed by atoms with Crippen LogP contribution in [0.4, 0.5) is 13.2 Å². The van der Waals surface area contributed by atoms with Crippen LogP contribution in [0.25, 0.3) is 66.8 Å². The average molecular weight is 1180 g/mol. The third-order valence-electron chi connectivity index (χ3n) is 11.8. The fourth-order valence-electron chi connectivity index (χ4n) is 8.36. The monoisotopic (exact) mass is 1180 g/mol. The highest BCUT2D eigenvalue weighted by Crippen LogP contribution is 2.45. The third-order valence-corrected chi connectivity index (χ3v) is 12.9. The Kier molecular flexibility index (Phi) is 18.2. The molecule has 0 spiro atoms. The van der Waals surface area contributed by atoms with Crippen molar-refractivity contribution in [3.63, 3.8) is 0 Å². The second kappa shape index (κ2) is 25.1. The summed E-state index contributed by atoms with van der Waals surface area (Å²) in [7, 11) is 4.47. The standard InChI is InChI=1S/C20H16BrFN2O3.C20H13BrFNO2.C20H13ClFNO2/c1-27-18-7-4-13(22)10-16(18)19-15(11-2-5-14(25)6-3-11)8-12(21)9-17(19)20(23)24-26;2*1-25-19-7-4-15(22)10-18(19)20-13(11-23)8-14(21)9-17(20)12-2-5-16(24)6-3-12/h2-10,25-26H,1H3,(H2,23,24);2*2-10,24H,1H3. The number of aromatic hydroxyl groups is 3. The number of benzene rings is 9. The minimum atomic E-state index is -0.448. The molecule has 0 amide bonds. The maximum Gasteiger partial charge on any atom is 0.170 e. The van der Waals surface area contributed by atoms with Gasteiger partial charge < -0.3 is 40.5 Å². The fourth-order valence-corrected chi connectivity index (χ4v) is 9.49. The first-order valence-electron chi connectivity index (χ1n) is 22.7. The predicted molar refractivity (Wildman–Crippen MR) is 299 cm³/mol. The van der Waals surface area contributed by atoms with E-state index in [1.807, 2.05) is 12.1 Å². The van der Waals surface area contributed by atoms with Crippen molar-refractivity contribution in [1.82, 2.24) is 0 Å². The number of nitrogens with zero attached hydrogens (tertiary/aromatic N) is 3. The van der Waals surface area contributed by atoms with E-state index in [2.05, 4.69) is 49.2 Å². The van der Waals surface area contributed by atoms with Crippen LogP contribution >= 0.6 is 43.5 Å². The topological polar surface area (TPSA) is 195 Å². The number of phenols is 3. The first kappa shape index (κ1) is 55.8. The molecule has 0 atom stereocenters. The van der Waals surface area contributed by atoms with Gasteiger partial charge in [-0.3, -0.25) is 0 Å². The molecule has 77 heavy (non-hydrogen) atoms. The first-order valence-corrected chi connectivity index (χ1v) is 24.7. The Morgan fingerprint density at radius 2 is 0.818 bits per heavy atom. The van der Waals surface area contributed by atoms with Crippen molar-refractivity contribution in [2.75, 3.05) is 21.3 Å². The highest BCUT2D eigenvalue weighted by Gasteiger charge is 2.23. The van der Waals surface area contributed by atoms with Gasteiger partial charge in [-0.1, -0.05) is 85.0 Å². The second-order valence-electron chi connectivity index (χ2n) is 16.5.